The Labute approximate surface area is 114 Å². The zero-order valence-electron chi connectivity index (χ0n) is 10.5. The smallest absolute Gasteiger partial charge is 0.144 e. The molecule has 0 saturated carbocycles. The highest BCUT2D eigenvalue weighted by atomic mass is 79.9. The predicted octanol–water partition coefficient (Wildman–Crippen LogP) is 3.51. The van der Waals surface area contributed by atoms with Crippen LogP contribution in [0.15, 0.2) is 27.3 Å². The summed E-state index contributed by atoms with van der Waals surface area (Å²) in [4.78, 5) is 4.07. The van der Waals surface area contributed by atoms with Gasteiger partial charge in [-0.15, -0.1) is 0 Å². The molecule has 3 nitrogen and oxygen atoms in total. The molecular weight excluding hydrogens is 300 g/mol. The van der Waals surface area contributed by atoms with Gasteiger partial charge >= 0.3 is 0 Å². The average molecular weight is 317 g/mol. The lowest BCUT2D eigenvalue weighted by atomic mass is 10.1. The van der Waals surface area contributed by atoms with E-state index in [1.165, 1.54) is 0 Å². The van der Waals surface area contributed by atoms with Crippen molar-refractivity contribution in [3.05, 3.63) is 28.5 Å². The van der Waals surface area contributed by atoms with Crippen LogP contribution in [0.2, 0.25) is 0 Å². The van der Waals surface area contributed by atoms with Crippen LogP contribution in [-0.4, -0.2) is 20.0 Å². The van der Waals surface area contributed by atoms with E-state index >= 15 is 0 Å². The normalized spacial score (nSPS) is 14.8. The Kier molecular flexibility index (Phi) is 5.16. The molecule has 17 heavy (non-hydrogen) atoms. The van der Waals surface area contributed by atoms with Crippen molar-refractivity contribution >= 4 is 33.0 Å². The van der Waals surface area contributed by atoms with Gasteiger partial charge in [0.25, 0.3) is 0 Å². The zero-order chi connectivity index (χ0) is 13.1. The summed E-state index contributed by atoms with van der Waals surface area (Å²) < 4.78 is 16.7. The van der Waals surface area contributed by atoms with Crippen LogP contribution < -0.4 is 0 Å². The van der Waals surface area contributed by atoms with Gasteiger partial charge in [-0.3, -0.25) is 0 Å². The van der Waals surface area contributed by atoms with Gasteiger partial charge in [-0.25, -0.2) is 4.98 Å². The fraction of sp³-hybridized carbons (Fsp3) is 0.500. The number of pyridine rings is 1. The van der Waals surface area contributed by atoms with E-state index in [0.717, 1.165) is 22.3 Å². The van der Waals surface area contributed by atoms with Crippen molar-refractivity contribution in [2.45, 2.75) is 38.9 Å². The monoisotopic (exact) mass is 316 g/mol. The Morgan fingerprint density at radius 3 is 2.65 bits per heavy atom. The van der Waals surface area contributed by atoms with Gasteiger partial charge in [0.15, 0.2) is 0 Å². The molecule has 1 aromatic heterocycles. The van der Waals surface area contributed by atoms with Crippen LogP contribution >= 0.6 is 15.9 Å². The standard InChI is InChI=1S/C12H17BrN2OS/c1-5-10(15-17(16)12(2,3)4)9-6-7-14-11(13)8-9/h6-8H,5H2,1-4H3/b15-10+/t17-/m1/s1. The minimum atomic E-state index is -1.22. The second kappa shape index (κ2) is 5.98. The fourth-order valence-corrected chi connectivity index (χ4v) is 2.21. The molecule has 5 heteroatoms. The van der Waals surface area contributed by atoms with Crippen molar-refractivity contribution in [1.29, 1.82) is 0 Å². The lowest BCUT2D eigenvalue weighted by Gasteiger charge is -2.19. The number of nitrogens with zero attached hydrogens (tertiary/aromatic N) is 2. The van der Waals surface area contributed by atoms with Crippen LogP contribution in [0.4, 0.5) is 0 Å². The van der Waals surface area contributed by atoms with Crippen molar-refractivity contribution in [1.82, 2.24) is 4.98 Å². The summed E-state index contributed by atoms with van der Waals surface area (Å²) >= 11 is 2.10. The Balaban J connectivity index is 3.03. The van der Waals surface area contributed by atoms with Crippen LogP contribution in [0.3, 0.4) is 0 Å². The third-order valence-electron chi connectivity index (χ3n) is 2.11. The average Bonchev–Trinajstić information content (AvgIpc) is 2.24. The number of aromatic nitrogens is 1. The molecule has 0 bridgehead atoms. The maximum atomic E-state index is 12.0. The first kappa shape index (κ1) is 14.7. The molecule has 0 aliphatic carbocycles. The van der Waals surface area contributed by atoms with Gasteiger partial charge in [0, 0.05) is 11.8 Å². The highest BCUT2D eigenvalue weighted by Gasteiger charge is 2.27. The first-order valence-corrected chi connectivity index (χ1v) is 7.36. The molecule has 0 fully saturated rings. The van der Waals surface area contributed by atoms with Gasteiger partial charge in [-0.05, 0) is 55.3 Å². The Hall–Kier alpha value is -0.390. The highest BCUT2D eigenvalue weighted by Crippen LogP contribution is 2.19. The number of hydrogen-bond acceptors (Lipinski definition) is 3. The lowest BCUT2D eigenvalue weighted by Crippen LogP contribution is -2.27. The molecule has 0 amide bonds. The molecule has 1 heterocycles. The quantitative estimate of drug-likeness (QED) is 0.487. The molecule has 94 valence electrons. The van der Waals surface area contributed by atoms with E-state index in [1.807, 2.05) is 39.8 Å². The van der Waals surface area contributed by atoms with E-state index in [9.17, 15) is 4.55 Å². The second-order valence-corrected chi connectivity index (χ2v) is 7.34. The summed E-state index contributed by atoms with van der Waals surface area (Å²) in [5.74, 6) is 0. The molecule has 1 atom stereocenters. The van der Waals surface area contributed by atoms with Crippen molar-refractivity contribution in [2.75, 3.05) is 0 Å². The maximum Gasteiger partial charge on any atom is 0.144 e. The van der Waals surface area contributed by atoms with Gasteiger partial charge in [-0.1, -0.05) is 11.3 Å². The molecule has 0 saturated heterocycles. The third kappa shape index (κ3) is 4.41. The van der Waals surface area contributed by atoms with Gasteiger partial charge < -0.3 is 4.55 Å². The third-order valence-corrected chi connectivity index (χ3v) is 3.98. The molecule has 0 unspecified atom stereocenters. The Morgan fingerprint density at radius 2 is 2.18 bits per heavy atom. The molecule has 1 rings (SSSR count). The summed E-state index contributed by atoms with van der Waals surface area (Å²) in [6.45, 7) is 7.76. The largest absolute Gasteiger partial charge is 0.591 e. The fourth-order valence-electron chi connectivity index (χ4n) is 1.14. The van der Waals surface area contributed by atoms with Crippen LogP contribution in [0.1, 0.15) is 39.7 Å². The molecule has 0 N–H and O–H groups in total. The lowest BCUT2D eigenvalue weighted by molar-refractivity contribution is 0.561. The van der Waals surface area contributed by atoms with Gasteiger partial charge in [0.2, 0.25) is 0 Å². The van der Waals surface area contributed by atoms with E-state index in [1.54, 1.807) is 6.20 Å². The van der Waals surface area contributed by atoms with Gasteiger partial charge in [-0.2, -0.15) is 0 Å². The number of hydrogen-bond donors (Lipinski definition) is 0. The molecule has 0 radical (unpaired) electrons. The summed E-state index contributed by atoms with van der Waals surface area (Å²) in [6.07, 6.45) is 2.46. The maximum absolute atomic E-state index is 12.0. The van der Waals surface area contributed by atoms with Crippen molar-refractivity contribution < 1.29 is 4.55 Å². The summed E-state index contributed by atoms with van der Waals surface area (Å²) in [5.41, 5.74) is 1.81. The Morgan fingerprint density at radius 1 is 1.53 bits per heavy atom. The van der Waals surface area contributed by atoms with E-state index in [-0.39, 0.29) is 4.75 Å². The van der Waals surface area contributed by atoms with Crippen molar-refractivity contribution in [3.63, 3.8) is 0 Å². The topological polar surface area (TPSA) is 48.3 Å². The minimum Gasteiger partial charge on any atom is -0.591 e. The molecule has 0 aromatic carbocycles. The summed E-state index contributed by atoms with van der Waals surface area (Å²) in [5, 5.41) is 0. The predicted molar refractivity (Wildman–Crippen MR) is 76.7 cm³/mol. The highest BCUT2D eigenvalue weighted by molar-refractivity contribution is 9.10. The van der Waals surface area contributed by atoms with E-state index in [2.05, 4.69) is 25.3 Å². The van der Waals surface area contributed by atoms with Gasteiger partial charge in [0.05, 0.1) is 5.71 Å². The van der Waals surface area contributed by atoms with Crippen LogP contribution in [0.25, 0.3) is 0 Å². The summed E-state index contributed by atoms with van der Waals surface area (Å²) in [6, 6.07) is 3.77. The van der Waals surface area contributed by atoms with E-state index < -0.39 is 11.4 Å². The number of halogens is 1. The first-order chi connectivity index (χ1) is 7.84. The minimum absolute atomic E-state index is 0.329. The first-order valence-electron chi connectivity index (χ1n) is 5.46. The molecule has 0 spiro atoms. The Bertz CT molecular complexity index is 415. The van der Waals surface area contributed by atoms with Crippen LogP contribution in [-0.2, 0) is 11.4 Å². The summed E-state index contributed by atoms with van der Waals surface area (Å²) in [7, 11) is 0. The molecule has 1 aromatic rings. The van der Waals surface area contributed by atoms with Crippen molar-refractivity contribution in [3.8, 4) is 0 Å². The zero-order valence-corrected chi connectivity index (χ0v) is 12.9. The molecular formula is C12H17BrN2OS. The second-order valence-electron chi connectivity index (χ2n) is 4.62. The molecule has 0 aliphatic rings. The van der Waals surface area contributed by atoms with Gasteiger partial charge in [0.1, 0.15) is 20.7 Å². The van der Waals surface area contributed by atoms with Crippen molar-refractivity contribution in [2.24, 2.45) is 4.40 Å². The molecule has 0 aliphatic heterocycles. The number of rotatable bonds is 3. The van der Waals surface area contributed by atoms with Crippen LogP contribution in [0, 0.1) is 0 Å². The van der Waals surface area contributed by atoms with E-state index in [0.29, 0.717) is 0 Å². The van der Waals surface area contributed by atoms with Crippen LogP contribution in [0.5, 0.6) is 0 Å². The SMILES string of the molecule is CC/C(=N\[S@+]([O-])C(C)(C)C)c1ccnc(Br)c1. The van der Waals surface area contributed by atoms with E-state index in [4.69, 9.17) is 0 Å².